The summed E-state index contributed by atoms with van der Waals surface area (Å²) in [6.07, 6.45) is 5.88. The third-order valence-corrected chi connectivity index (χ3v) is 7.75. The Morgan fingerprint density at radius 1 is 1.31 bits per heavy atom. The van der Waals surface area contributed by atoms with Gasteiger partial charge in [0.15, 0.2) is 0 Å². The van der Waals surface area contributed by atoms with Crippen molar-refractivity contribution in [1.29, 1.82) is 0 Å². The average molecular weight is 499 g/mol. The lowest BCUT2D eigenvalue weighted by Gasteiger charge is -2.39. The second-order valence-electron chi connectivity index (χ2n) is 8.87. The van der Waals surface area contributed by atoms with Crippen molar-refractivity contribution in [2.45, 2.75) is 46.2 Å². The number of rotatable bonds is 8. The number of methoxy groups -OCH3 is 1. The molecule has 1 aromatic carbocycles. The van der Waals surface area contributed by atoms with Gasteiger partial charge in [0.1, 0.15) is 11.3 Å². The predicted octanol–water partition coefficient (Wildman–Crippen LogP) is 4.25. The van der Waals surface area contributed by atoms with Gasteiger partial charge in [-0.1, -0.05) is 11.9 Å². The van der Waals surface area contributed by atoms with Gasteiger partial charge < -0.3 is 24.4 Å². The van der Waals surface area contributed by atoms with Crippen LogP contribution < -0.4 is 20.5 Å². The lowest BCUT2D eigenvalue weighted by Crippen LogP contribution is -2.43. The van der Waals surface area contributed by atoms with Gasteiger partial charge in [-0.25, -0.2) is 0 Å². The highest BCUT2D eigenvalue weighted by Gasteiger charge is 2.27. The first-order valence-electron chi connectivity index (χ1n) is 12.0. The fraction of sp³-hybridized carbons (Fsp3) is 0.462. The number of anilines is 1. The number of aryl methyl sites for hydroxylation is 1. The highest BCUT2D eigenvalue weighted by atomic mass is 32.2. The molecule has 0 radical (unpaired) electrons. The number of furan rings is 1. The second kappa shape index (κ2) is 10.8. The Kier molecular flexibility index (Phi) is 7.76. The molecule has 2 N–H and O–H groups in total. The van der Waals surface area contributed by atoms with E-state index in [9.17, 15) is 9.59 Å². The van der Waals surface area contributed by atoms with Gasteiger partial charge in [0.2, 0.25) is 0 Å². The molecule has 0 saturated carbocycles. The summed E-state index contributed by atoms with van der Waals surface area (Å²) in [6, 6.07) is 6.04. The number of ether oxygens (including phenoxy) is 1. The molecule has 4 rings (SSSR count). The maximum atomic E-state index is 13.5. The number of benzene rings is 1. The van der Waals surface area contributed by atoms with Crippen LogP contribution in [0.15, 0.2) is 33.7 Å². The standard InChI is InChI=1S/C26H34N4O4S/c1-6-30(18-7-10-29(35-5)11-8-18)21-14-23-19(9-12-34-23)24(17(21)3)26(32)27-15-20-22(33-4)13-16(2)28-25(20)31/h9,12-14,18H,6-8,10-11,15H2,1-5H3,(H,27,32)(H,28,31). The van der Waals surface area contributed by atoms with Crippen molar-refractivity contribution >= 4 is 34.5 Å². The average Bonchev–Trinajstić information content (AvgIpc) is 3.32. The van der Waals surface area contributed by atoms with E-state index in [1.165, 1.54) is 7.11 Å². The zero-order valence-corrected chi connectivity index (χ0v) is 21.9. The molecule has 1 saturated heterocycles. The van der Waals surface area contributed by atoms with Crippen LogP contribution in [0.5, 0.6) is 5.75 Å². The zero-order valence-electron chi connectivity index (χ0n) is 21.1. The van der Waals surface area contributed by atoms with Crippen LogP contribution in [0.1, 0.15) is 46.9 Å². The third-order valence-electron chi connectivity index (χ3n) is 6.87. The number of amides is 1. The number of pyridine rings is 1. The van der Waals surface area contributed by atoms with Gasteiger partial charge >= 0.3 is 0 Å². The summed E-state index contributed by atoms with van der Waals surface area (Å²) in [5, 5.41) is 3.71. The van der Waals surface area contributed by atoms with E-state index < -0.39 is 0 Å². The van der Waals surface area contributed by atoms with Crippen molar-refractivity contribution in [3.8, 4) is 5.75 Å². The van der Waals surface area contributed by atoms with E-state index in [4.69, 9.17) is 9.15 Å². The van der Waals surface area contributed by atoms with Crippen molar-refractivity contribution in [3.05, 3.63) is 57.2 Å². The number of carbonyl (C=O) groups excluding carboxylic acids is 1. The van der Waals surface area contributed by atoms with E-state index in [1.54, 1.807) is 31.2 Å². The van der Waals surface area contributed by atoms with E-state index in [0.29, 0.717) is 34.2 Å². The van der Waals surface area contributed by atoms with E-state index in [2.05, 4.69) is 38.8 Å². The van der Waals surface area contributed by atoms with Crippen molar-refractivity contribution in [3.63, 3.8) is 0 Å². The van der Waals surface area contributed by atoms with Crippen LogP contribution in [0, 0.1) is 13.8 Å². The predicted molar refractivity (Wildman–Crippen MR) is 142 cm³/mol. The minimum atomic E-state index is -0.269. The molecule has 9 heteroatoms. The maximum absolute atomic E-state index is 13.5. The lowest BCUT2D eigenvalue weighted by molar-refractivity contribution is 0.0951. The molecule has 1 aliphatic heterocycles. The molecular weight excluding hydrogens is 464 g/mol. The van der Waals surface area contributed by atoms with E-state index in [-0.39, 0.29) is 18.0 Å². The molecule has 0 unspecified atom stereocenters. The first kappa shape index (κ1) is 25.2. The molecule has 0 atom stereocenters. The number of nitrogens with one attached hydrogen (secondary N) is 2. The van der Waals surface area contributed by atoms with Gasteiger partial charge in [-0.3, -0.25) is 13.9 Å². The molecule has 8 nitrogen and oxygen atoms in total. The monoisotopic (exact) mass is 498 g/mol. The second-order valence-corrected chi connectivity index (χ2v) is 9.75. The fourth-order valence-corrected chi connectivity index (χ4v) is 5.62. The molecule has 1 aliphatic rings. The number of aromatic amines is 1. The maximum Gasteiger partial charge on any atom is 0.256 e. The van der Waals surface area contributed by atoms with Crippen molar-refractivity contribution in [2.75, 3.05) is 37.9 Å². The zero-order chi connectivity index (χ0) is 25.1. The van der Waals surface area contributed by atoms with Crippen molar-refractivity contribution in [1.82, 2.24) is 14.6 Å². The van der Waals surface area contributed by atoms with Gasteiger partial charge in [0.25, 0.3) is 11.5 Å². The summed E-state index contributed by atoms with van der Waals surface area (Å²) >= 11 is 1.80. The largest absolute Gasteiger partial charge is 0.496 e. The van der Waals surface area contributed by atoms with Gasteiger partial charge in [-0.15, -0.1) is 0 Å². The highest BCUT2D eigenvalue weighted by Crippen LogP contribution is 2.35. The third kappa shape index (κ3) is 5.06. The van der Waals surface area contributed by atoms with Crippen molar-refractivity contribution < 1.29 is 13.9 Å². The summed E-state index contributed by atoms with van der Waals surface area (Å²) in [5.41, 5.74) is 4.02. The number of aromatic nitrogens is 1. The molecule has 188 valence electrons. The molecule has 3 aromatic rings. The normalized spacial score (nSPS) is 14.9. The Morgan fingerprint density at radius 2 is 2.06 bits per heavy atom. The quantitative estimate of drug-likeness (QED) is 0.449. The van der Waals surface area contributed by atoms with Crippen molar-refractivity contribution in [2.24, 2.45) is 0 Å². The minimum absolute atomic E-state index is 0.0608. The Bertz CT molecular complexity index is 1260. The van der Waals surface area contributed by atoms with Gasteiger partial charge in [-0.05, 0) is 57.6 Å². The Labute approximate surface area is 210 Å². The van der Waals surface area contributed by atoms with Gasteiger partial charge in [-0.2, -0.15) is 0 Å². The summed E-state index contributed by atoms with van der Waals surface area (Å²) in [7, 11) is 1.52. The van der Waals surface area contributed by atoms with Crippen LogP contribution in [0.25, 0.3) is 11.0 Å². The number of H-pyrrole nitrogens is 1. The number of hydrogen-bond acceptors (Lipinski definition) is 7. The summed E-state index contributed by atoms with van der Waals surface area (Å²) in [4.78, 5) is 31.2. The smallest absolute Gasteiger partial charge is 0.256 e. The van der Waals surface area contributed by atoms with Crippen LogP contribution in [0.4, 0.5) is 5.69 Å². The number of nitrogens with zero attached hydrogens (tertiary/aromatic N) is 2. The number of fused-ring (bicyclic) bond motifs is 1. The topological polar surface area (TPSA) is 90.8 Å². The van der Waals surface area contributed by atoms with Crippen LogP contribution in [0.2, 0.25) is 0 Å². The molecule has 0 bridgehead atoms. The van der Waals surface area contributed by atoms with Gasteiger partial charge in [0, 0.05) is 48.5 Å². The highest BCUT2D eigenvalue weighted by molar-refractivity contribution is 7.96. The van der Waals surface area contributed by atoms with Crippen LogP contribution >= 0.6 is 11.9 Å². The van der Waals surface area contributed by atoms with Gasteiger partial charge in [0.05, 0.1) is 31.0 Å². The summed E-state index contributed by atoms with van der Waals surface area (Å²) in [5.74, 6) is 0.213. The minimum Gasteiger partial charge on any atom is -0.496 e. The van der Waals surface area contributed by atoms with E-state index in [1.807, 2.05) is 13.0 Å². The number of piperidine rings is 1. The first-order valence-corrected chi connectivity index (χ1v) is 13.2. The number of hydrogen-bond donors (Lipinski definition) is 2. The molecule has 1 amide bonds. The Morgan fingerprint density at radius 3 is 2.71 bits per heavy atom. The molecule has 35 heavy (non-hydrogen) atoms. The van der Waals surface area contributed by atoms with E-state index in [0.717, 1.165) is 49.1 Å². The Hall–Kier alpha value is -2.91. The first-order chi connectivity index (χ1) is 16.9. The van der Waals surface area contributed by atoms with Crippen LogP contribution in [-0.2, 0) is 6.54 Å². The molecular formula is C26H34N4O4S. The molecule has 2 aromatic heterocycles. The summed E-state index contributed by atoms with van der Waals surface area (Å²) in [6.45, 7) is 8.94. The molecule has 1 fully saturated rings. The SMILES string of the molecule is CCN(c1cc2occc2c(C(=O)NCc2c(OC)cc(C)[nH]c2=O)c1C)C1CCN(SC)CC1. The van der Waals surface area contributed by atoms with E-state index >= 15 is 0 Å². The lowest BCUT2D eigenvalue weighted by atomic mass is 9.97. The Balaban J connectivity index is 1.66. The molecule has 3 heterocycles. The number of carbonyl (C=O) groups is 1. The fourth-order valence-electron chi connectivity index (χ4n) is 5.05. The molecule has 0 spiro atoms. The summed E-state index contributed by atoms with van der Waals surface area (Å²) < 4.78 is 13.5. The van der Waals surface area contributed by atoms with Crippen LogP contribution in [0.3, 0.4) is 0 Å². The van der Waals surface area contributed by atoms with Crippen LogP contribution in [-0.4, -0.2) is 54.2 Å². The molecule has 0 aliphatic carbocycles.